The van der Waals surface area contributed by atoms with E-state index in [1.165, 1.54) is 13.3 Å². The normalized spacial score (nSPS) is 11.1. The fraction of sp³-hybridized carbons (Fsp3) is 0.300. The van der Waals surface area contributed by atoms with Crippen LogP contribution >= 0.6 is 11.6 Å². The molecule has 0 saturated heterocycles. The molecular weight excluding hydrogens is 295 g/mol. The van der Waals surface area contributed by atoms with Crippen molar-refractivity contribution in [2.75, 3.05) is 19.2 Å². The molecule has 108 valence electrons. The van der Waals surface area contributed by atoms with Crippen molar-refractivity contribution in [2.45, 2.75) is 6.48 Å². The van der Waals surface area contributed by atoms with Gasteiger partial charge < -0.3 is 25.0 Å². The number of aliphatic hydroxyl groups excluding tert-OH is 1. The van der Waals surface area contributed by atoms with Gasteiger partial charge in [0, 0.05) is 13.3 Å². The first-order valence-electron chi connectivity index (χ1n) is 5.30. The molecule has 2 aromatic heterocycles. The Labute approximate surface area is 117 Å². The zero-order chi connectivity index (χ0) is 14.7. The number of methoxy groups -OCH3 is 1. The first kappa shape index (κ1) is 14.6. The largest absolute Gasteiger partial charge is 0.408 e. The maximum absolute atomic E-state index is 13.9. The van der Waals surface area contributed by atoms with Gasteiger partial charge in [-0.25, -0.2) is 9.37 Å². The Hall–Kier alpha value is -1.81. The molecule has 0 aromatic carbocycles. The van der Waals surface area contributed by atoms with Gasteiger partial charge >= 0.3 is 12.5 Å². The predicted octanol–water partition coefficient (Wildman–Crippen LogP) is 0.480. The van der Waals surface area contributed by atoms with Crippen molar-refractivity contribution in [1.29, 1.82) is 0 Å². The molecule has 0 aliphatic heterocycles. The Kier molecular flexibility index (Phi) is 4.45. The lowest BCUT2D eigenvalue weighted by atomic mass is 10.3. The number of hydrogen-bond donors (Lipinski definition) is 3. The van der Waals surface area contributed by atoms with E-state index in [1.807, 2.05) is 0 Å². The van der Waals surface area contributed by atoms with Gasteiger partial charge in [-0.1, -0.05) is 11.6 Å². The Morgan fingerprint density at radius 2 is 2.20 bits per heavy atom. The first-order chi connectivity index (χ1) is 9.52. The minimum atomic E-state index is -2.14. The van der Waals surface area contributed by atoms with Crippen molar-refractivity contribution in [3.8, 4) is 6.01 Å². The second-order valence-electron chi connectivity index (χ2n) is 3.53. The topological polar surface area (TPSA) is 110 Å². The number of fused-ring (bicyclic) bond motifs is 1. The second-order valence-corrected chi connectivity index (χ2v) is 3.89. The summed E-state index contributed by atoms with van der Waals surface area (Å²) in [6, 6.07) is -0.438. The van der Waals surface area contributed by atoms with E-state index >= 15 is 0 Å². The molecule has 0 radical (unpaired) electrons. The van der Waals surface area contributed by atoms with Crippen LogP contribution in [-0.2, 0) is 4.74 Å². The van der Waals surface area contributed by atoms with E-state index in [1.54, 1.807) is 0 Å². The highest BCUT2D eigenvalue weighted by Crippen LogP contribution is 2.27. The molecule has 20 heavy (non-hydrogen) atoms. The van der Waals surface area contributed by atoms with E-state index < -0.39 is 18.3 Å². The Bertz CT molecular complexity index is 628. The summed E-state index contributed by atoms with van der Waals surface area (Å²) < 4.78 is 23.2. The molecule has 0 atom stereocenters. The second kappa shape index (κ2) is 6.09. The van der Waals surface area contributed by atoms with E-state index in [9.17, 15) is 4.39 Å². The van der Waals surface area contributed by atoms with Crippen LogP contribution < -0.4 is 10.1 Å². The summed E-state index contributed by atoms with van der Waals surface area (Å²) in [4.78, 5) is 11.2. The van der Waals surface area contributed by atoms with Gasteiger partial charge in [-0.3, -0.25) is 0 Å². The number of anilines is 1. The number of hydrogen-bond acceptors (Lipinski definition) is 8. The van der Waals surface area contributed by atoms with Gasteiger partial charge in [0.15, 0.2) is 11.0 Å². The van der Waals surface area contributed by atoms with Crippen LogP contribution in [0.1, 0.15) is 0 Å². The summed E-state index contributed by atoms with van der Waals surface area (Å²) in [6.07, 6.45) is 1.28. The lowest BCUT2D eigenvalue weighted by Crippen LogP contribution is -2.16. The Morgan fingerprint density at radius 1 is 1.45 bits per heavy atom. The fourth-order valence-corrected chi connectivity index (χ4v) is 1.57. The van der Waals surface area contributed by atoms with Gasteiger partial charge in [-0.15, -0.1) is 0 Å². The Morgan fingerprint density at radius 3 is 2.85 bits per heavy atom. The molecule has 0 spiro atoms. The number of aliphatic hydroxyl groups is 2. The minimum Gasteiger partial charge on any atom is -0.408 e. The lowest BCUT2D eigenvalue weighted by Gasteiger charge is -2.11. The van der Waals surface area contributed by atoms with Gasteiger partial charge in [0.2, 0.25) is 0 Å². The minimum absolute atomic E-state index is 0.0808. The van der Waals surface area contributed by atoms with E-state index in [0.29, 0.717) is 0 Å². The molecule has 0 aliphatic carbocycles. The van der Waals surface area contributed by atoms with Crippen molar-refractivity contribution in [3.05, 3.63) is 17.2 Å². The molecule has 3 N–H and O–H groups in total. The average molecular weight is 305 g/mol. The van der Waals surface area contributed by atoms with Gasteiger partial charge in [0.25, 0.3) is 0 Å². The monoisotopic (exact) mass is 304 g/mol. The fourth-order valence-electron chi connectivity index (χ4n) is 1.44. The molecule has 0 aliphatic rings. The zero-order valence-electron chi connectivity index (χ0n) is 10.2. The van der Waals surface area contributed by atoms with Crippen molar-refractivity contribution in [2.24, 2.45) is 0 Å². The summed E-state index contributed by atoms with van der Waals surface area (Å²) >= 11 is 5.57. The third kappa shape index (κ3) is 3.02. The molecule has 0 bridgehead atoms. The number of ether oxygens (including phenoxy) is 2. The van der Waals surface area contributed by atoms with Crippen molar-refractivity contribution in [1.82, 2.24) is 15.0 Å². The lowest BCUT2D eigenvalue weighted by molar-refractivity contribution is -0.183. The van der Waals surface area contributed by atoms with Crippen molar-refractivity contribution >= 4 is 28.3 Å². The van der Waals surface area contributed by atoms with Crippen LogP contribution in [0.4, 0.5) is 10.2 Å². The van der Waals surface area contributed by atoms with E-state index in [0.717, 1.165) is 0 Å². The number of rotatable bonds is 5. The molecule has 2 heterocycles. The molecule has 8 nitrogen and oxygen atoms in total. The van der Waals surface area contributed by atoms with Gasteiger partial charge in [0.1, 0.15) is 18.1 Å². The van der Waals surface area contributed by atoms with E-state index in [4.69, 9.17) is 26.6 Å². The summed E-state index contributed by atoms with van der Waals surface area (Å²) in [5.74, 6) is -0.722. The van der Waals surface area contributed by atoms with E-state index in [2.05, 4.69) is 25.0 Å². The van der Waals surface area contributed by atoms with Crippen LogP contribution in [-0.4, -0.2) is 45.5 Å². The number of nitrogens with one attached hydrogen (secondary N) is 1. The summed E-state index contributed by atoms with van der Waals surface area (Å²) in [7, 11) is 1.45. The van der Waals surface area contributed by atoms with Crippen LogP contribution in [0.5, 0.6) is 6.01 Å². The van der Waals surface area contributed by atoms with Crippen LogP contribution in [0.25, 0.3) is 10.9 Å². The summed E-state index contributed by atoms with van der Waals surface area (Å²) in [5.41, 5.74) is -0.172. The standard InChI is InChI=1S/C10H10ClFN4O4/c1-19-3-14-8-4-2-13-7(11)5(12)6(4)15-9(16-8)20-10(17)18/h2,10,17-18H,3H2,1H3,(H,14,15,16). The maximum Gasteiger partial charge on any atom is 0.323 e. The quantitative estimate of drug-likeness (QED) is 0.540. The van der Waals surface area contributed by atoms with Crippen molar-refractivity contribution < 1.29 is 24.1 Å². The van der Waals surface area contributed by atoms with Gasteiger partial charge in [-0.2, -0.15) is 9.97 Å². The van der Waals surface area contributed by atoms with Gasteiger partial charge in [0.05, 0.1) is 5.39 Å². The highest BCUT2D eigenvalue weighted by atomic mass is 35.5. The van der Waals surface area contributed by atoms with Crippen molar-refractivity contribution in [3.63, 3.8) is 0 Å². The summed E-state index contributed by atoms with van der Waals surface area (Å²) in [5, 5.41) is 20.1. The molecule has 0 fully saturated rings. The molecular formula is C10H10ClFN4O4. The first-order valence-corrected chi connectivity index (χ1v) is 5.68. The highest BCUT2D eigenvalue weighted by Gasteiger charge is 2.16. The third-order valence-electron chi connectivity index (χ3n) is 2.22. The molecule has 0 unspecified atom stereocenters. The highest BCUT2D eigenvalue weighted by molar-refractivity contribution is 6.30. The molecule has 0 amide bonds. The molecule has 2 rings (SSSR count). The predicted molar refractivity (Wildman–Crippen MR) is 66.7 cm³/mol. The smallest absolute Gasteiger partial charge is 0.323 e. The average Bonchev–Trinajstić information content (AvgIpc) is 2.40. The third-order valence-corrected chi connectivity index (χ3v) is 2.48. The molecule has 0 saturated carbocycles. The van der Waals surface area contributed by atoms with E-state index in [-0.39, 0.29) is 28.6 Å². The van der Waals surface area contributed by atoms with Crippen LogP contribution in [0.15, 0.2) is 6.20 Å². The van der Waals surface area contributed by atoms with Crippen LogP contribution in [0, 0.1) is 5.82 Å². The van der Waals surface area contributed by atoms with Gasteiger partial charge in [-0.05, 0) is 0 Å². The van der Waals surface area contributed by atoms with Crippen LogP contribution in [0.3, 0.4) is 0 Å². The molecule has 10 heteroatoms. The maximum atomic E-state index is 13.9. The molecule has 2 aromatic rings. The number of nitrogens with zero attached hydrogens (tertiary/aromatic N) is 3. The number of aromatic nitrogens is 3. The SMILES string of the molecule is COCNc1nc(OC(O)O)nc2c(F)c(Cl)ncc12. The number of halogens is 2. The number of pyridine rings is 1. The Balaban J connectivity index is 2.58. The zero-order valence-corrected chi connectivity index (χ0v) is 10.9. The summed E-state index contributed by atoms with van der Waals surface area (Å²) in [6.45, 7) is -2.06. The van der Waals surface area contributed by atoms with Crippen LogP contribution in [0.2, 0.25) is 5.15 Å².